The number of nitrogens with zero attached hydrogens (tertiary/aromatic N) is 4. The lowest BCUT2D eigenvalue weighted by Crippen LogP contribution is -2.47. The maximum Gasteiger partial charge on any atom is 0.270 e. The summed E-state index contributed by atoms with van der Waals surface area (Å²) in [5.74, 6) is 0.928. The highest BCUT2D eigenvalue weighted by molar-refractivity contribution is 5.93. The van der Waals surface area contributed by atoms with Crippen LogP contribution in [0, 0.1) is 12.7 Å². The number of aryl methyl sites for hydroxylation is 1. The molecular weight excluding hydrogens is 345 g/mol. The van der Waals surface area contributed by atoms with Crippen molar-refractivity contribution in [1.82, 2.24) is 15.3 Å². The average molecular weight is 371 g/mol. The molecule has 1 unspecified atom stereocenters. The zero-order valence-electron chi connectivity index (χ0n) is 16.1. The third-order valence-corrected chi connectivity index (χ3v) is 4.84. The Morgan fingerprint density at radius 1 is 1.19 bits per heavy atom. The number of para-hydroxylation sites is 1. The highest BCUT2D eigenvalue weighted by Gasteiger charge is 2.22. The molecule has 3 rings (SSSR count). The second-order valence-corrected chi connectivity index (χ2v) is 6.87. The number of hydrogen-bond acceptors (Lipinski definition) is 5. The van der Waals surface area contributed by atoms with Crippen LogP contribution in [-0.4, -0.2) is 48.1 Å². The molecule has 1 amide bonds. The zero-order valence-corrected chi connectivity index (χ0v) is 16.1. The second-order valence-electron chi connectivity index (χ2n) is 6.87. The molecule has 27 heavy (non-hydrogen) atoms. The van der Waals surface area contributed by atoms with E-state index in [1.54, 1.807) is 25.1 Å². The standard InChI is InChI=1S/C20H26FN5O/c1-4-14(2)22-20(27)17-13-19(24-15(3)23-17)26-11-9-25(10-12-26)18-8-6-5-7-16(18)21/h5-8,13-14H,4,9-12H2,1-3H3,(H,22,27). The number of halogens is 1. The number of carbonyl (C=O) groups is 1. The van der Waals surface area contributed by atoms with Crippen LogP contribution in [0.5, 0.6) is 0 Å². The van der Waals surface area contributed by atoms with Gasteiger partial charge in [-0.2, -0.15) is 0 Å². The molecule has 2 heterocycles. The van der Waals surface area contributed by atoms with Gasteiger partial charge in [-0.05, 0) is 32.4 Å². The molecule has 0 bridgehead atoms. The minimum absolute atomic E-state index is 0.0977. The SMILES string of the molecule is CCC(C)NC(=O)c1cc(N2CCN(c3ccccc3F)CC2)nc(C)n1. The molecule has 2 aromatic rings. The summed E-state index contributed by atoms with van der Waals surface area (Å²) >= 11 is 0. The predicted molar refractivity (Wildman–Crippen MR) is 105 cm³/mol. The van der Waals surface area contributed by atoms with Gasteiger partial charge < -0.3 is 15.1 Å². The number of anilines is 2. The maximum absolute atomic E-state index is 14.0. The number of benzene rings is 1. The lowest BCUT2D eigenvalue weighted by molar-refractivity contribution is 0.0934. The fourth-order valence-electron chi connectivity index (χ4n) is 3.11. The van der Waals surface area contributed by atoms with E-state index in [1.807, 2.05) is 24.8 Å². The average Bonchev–Trinajstić information content (AvgIpc) is 2.68. The Balaban J connectivity index is 1.71. The van der Waals surface area contributed by atoms with E-state index in [1.165, 1.54) is 6.07 Å². The Kier molecular flexibility index (Phi) is 5.88. The van der Waals surface area contributed by atoms with Crippen molar-refractivity contribution in [3.05, 3.63) is 47.7 Å². The summed E-state index contributed by atoms with van der Waals surface area (Å²) in [5.41, 5.74) is 1.01. The topological polar surface area (TPSA) is 61.4 Å². The molecule has 1 atom stereocenters. The van der Waals surface area contributed by atoms with Gasteiger partial charge in [-0.1, -0.05) is 19.1 Å². The van der Waals surface area contributed by atoms with E-state index in [-0.39, 0.29) is 17.8 Å². The summed E-state index contributed by atoms with van der Waals surface area (Å²) in [5, 5.41) is 2.94. The zero-order chi connectivity index (χ0) is 19.4. The van der Waals surface area contributed by atoms with Crippen molar-refractivity contribution >= 4 is 17.4 Å². The molecular formula is C20H26FN5O. The molecule has 7 heteroatoms. The van der Waals surface area contributed by atoms with Crippen LogP contribution in [-0.2, 0) is 0 Å². The van der Waals surface area contributed by atoms with Crippen LogP contribution >= 0.6 is 0 Å². The summed E-state index contributed by atoms with van der Waals surface area (Å²) < 4.78 is 14.0. The number of piperazine rings is 1. The van der Waals surface area contributed by atoms with Crippen molar-refractivity contribution in [3.8, 4) is 0 Å². The lowest BCUT2D eigenvalue weighted by Gasteiger charge is -2.37. The number of aromatic nitrogens is 2. The van der Waals surface area contributed by atoms with Crippen LogP contribution in [0.4, 0.5) is 15.9 Å². The first-order valence-corrected chi connectivity index (χ1v) is 9.39. The molecule has 144 valence electrons. The summed E-state index contributed by atoms with van der Waals surface area (Å²) in [4.78, 5) is 25.3. The van der Waals surface area contributed by atoms with Crippen molar-refractivity contribution < 1.29 is 9.18 Å². The van der Waals surface area contributed by atoms with Gasteiger partial charge >= 0.3 is 0 Å². The van der Waals surface area contributed by atoms with Gasteiger partial charge in [0, 0.05) is 38.3 Å². The molecule has 1 aromatic carbocycles. The number of nitrogens with one attached hydrogen (secondary N) is 1. The van der Waals surface area contributed by atoms with Gasteiger partial charge in [0.1, 0.15) is 23.2 Å². The fourth-order valence-corrected chi connectivity index (χ4v) is 3.11. The quantitative estimate of drug-likeness (QED) is 0.876. The van der Waals surface area contributed by atoms with Gasteiger partial charge in [0.2, 0.25) is 0 Å². The first-order chi connectivity index (χ1) is 13.0. The first kappa shape index (κ1) is 19.1. The highest BCUT2D eigenvalue weighted by atomic mass is 19.1. The van der Waals surface area contributed by atoms with Crippen molar-refractivity contribution in [1.29, 1.82) is 0 Å². The summed E-state index contributed by atoms with van der Waals surface area (Å²) in [6, 6.07) is 8.67. The molecule has 1 fully saturated rings. The normalized spacial score (nSPS) is 15.6. The molecule has 1 aliphatic heterocycles. The number of rotatable bonds is 5. The Bertz CT molecular complexity index is 805. The third kappa shape index (κ3) is 4.53. The van der Waals surface area contributed by atoms with E-state index in [0.29, 0.717) is 43.4 Å². The Morgan fingerprint density at radius 2 is 1.85 bits per heavy atom. The van der Waals surface area contributed by atoms with Crippen molar-refractivity contribution in [2.75, 3.05) is 36.0 Å². The van der Waals surface area contributed by atoms with Crippen molar-refractivity contribution in [3.63, 3.8) is 0 Å². The largest absolute Gasteiger partial charge is 0.366 e. The lowest BCUT2D eigenvalue weighted by atomic mass is 10.2. The second kappa shape index (κ2) is 8.33. The van der Waals surface area contributed by atoms with Gasteiger partial charge in [-0.3, -0.25) is 4.79 Å². The monoisotopic (exact) mass is 371 g/mol. The Morgan fingerprint density at radius 3 is 2.52 bits per heavy atom. The molecule has 0 spiro atoms. The predicted octanol–water partition coefficient (Wildman–Crippen LogP) is 2.78. The maximum atomic E-state index is 14.0. The Hall–Kier alpha value is -2.70. The number of amides is 1. The van der Waals surface area contributed by atoms with Crippen LogP contribution in [0.25, 0.3) is 0 Å². The van der Waals surface area contributed by atoms with Gasteiger partial charge in [0.05, 0.1) is 5.69 Å². The van der Waals surface area contributed by atoms with Crippen LogP contribution in [0.15, 0.2) is 30.3 Å². The van der Waals surface area contributed by atoms with Gasteiger partial charge in [0.25, 0.3) is 5.91 Å². The third-order valence-electron chi connectivity index (χ3n) is 4.84. The molecule has 6 nitrogen and oxygen atoms in total. The Labute approximate surface area is 159 Å². The van der Waals surface area contributed by atoms with Crippen molar-refractivity contribution in [2.45, 2.75) is 33.2 Å². The summed E-state index contributed by atoms with van der Waals surface area (Å²) in [7, 11) is 0. The van der Waals surface area contributed by atoms with Crippen LogP contribution in [0.2, 0.25) is 0 Å². The summed E-state index contributed by atoms with van der Waals surface area (Å²) in [6.45, 7) is 8.58. The van der Waals surface area contributed by atoms with E-state index in [2.05, 4.69) is 20.2 Å². The molecule has 1 aromatic heterocycles. The van der Waals surface area contributed by atoms with Gasteiger partial charge in [-0.15, -0.1) is 0 Å². The molecule has 1 saturated heterocycles. The van der Waals surface area contributed by atoms with E-state index in [4.69, 9.17) is 0 Å². The molecule has 0 saturated carbocycles. The smallest absolute Gasteiger partial charge is 0.270 e. The molecule has 1 aliphatic rings. The van der Waals surface area contributed by atoms with Gasteiger partial charge in [0.15, 0.2) is 0 Å². The first-order valence-electron chi connectivity index (χ1n) is 9.39. The van der Waals surface area contributed by atoms with Crippen LogP contribution < -0.4 is 15.1 Å². The minimum Gasteiger partial charge on any atom is -0.366 e. The summed E-state index contributed by atoms with van der Waals surface area (Å²) in [6.07, 6.45) is 0.862. The van der Waals surface area contributed by atoms with Gasteiger partial charge in [-0.25, -0.2) is 14.4 Å². The van der Waals surface area contributed by atoms with E-state index in [0.717, 1.165) is 12.2 Å². The molecule has 0 radical (unpaired) electrons. The van der Waals surface area contributed by atoms with E-state index in [9.17, 15) is 9.18 Å². The van der Waals surface area contributed by atoms with Crippen molar-refractivity contribution in [2.24, 2.45) is 0 Å². The highest BCUT2D eigenvalue weighted by Crippen LogP contribution is 2.22. The van der Waals surface area contributed by atoms with E-state index >= 15 is 0 Å². The van der Waals surface area contributed by atoms with E-state index < -0.39 is 0 Å². The van der Waals surface area contributed by atoms with Crippen LogP contribution in [0.3, 0.4) is 0 Å². The number of carbonyl (C=O) groups excluding carboxylic acids is 1. The fraction of sp³-hybridized carbons (Fsp3) is 0.450. The number of hydrogen-bond donors (Lipinski definition) is 1. The molecule has 1 N–H and O–H groups in total. The molecule has 0 aliphatic carbocycles. The van der Waals surface area contributed by atoms with Crippen LogP contribution in [0.1, 0.15) is 36.6 Å². The minimum atomic E-state index is -0.201.